The third-order valence-electron chi connectivity index (χ3n) is 8.42. The maximum Gasteiger partial charge on any atom is 0.409 e. The van der Waals surface area contributed by atoms with Gasteiger partial charge in [0.05, 0.1) is 10.9 Å². The molecule has 1 aromatic rings. The number of rotatable bonds is 6. The highest BCUT2D eigenvalue weighted by Crippen LogP contribution is 2.43. The normalized spacial score (nSPS) is 27.2. The van der Waals surface area contributed by atoms with E-state index in [1.165, 1.54) is 5.57 Å². The molecule has 0 bridgehead atoms. The zero-order chi connectivity index (χ0) is 25.3. The Labute approximate surface area is 220 Å². The highest BCUT2D eigenvalue weighted by atomic mass is 35.5. The van der Waals surface area contributed by atoms with E-state index in [0.29, 0.717) is 36.5 Å². The largest absolute Gasteiger partial charge is 0.448 e. The summed E-state index contributed by atoms with van der Waals surface area (Å²) in [6.45, 7) is 7.70. The van der Waals surface area contributed by atoms with Crippen LogP contribution >= 0.6 is 11.6 Å². The van der Waals surface area contributed by atoms with Crippen LogP contribution in [0, 0.1) is 5.92 Å². The minimum atomic E-state index is -3.72. The van der Waals surface area contributed by atoms with Crippen LogP contribution in [-0.2, 0) is 14.8 Å². The van der Waals surface area contributed by atoms with Crippen molar-refractivity contribution in [1.29, 1.82) is 0 Å². The van der Waals surface area contributed by atoms with E-state index in [1.54, 1.807) is 33.5 Å². The van der Waals surface area contributed by atoms with Crippen molar-refractivity contribution in [1.82, 2.24) is 14.1 Å². The Morgan fingerprint density at radius 2 is 1.64 bits per heavy atom. The van der Waals surface area contributed by atoms with E-state index < -0.39 is 10.0 Å². The summed E-state index contributed by atoms with van der Waals surface area (Å²) in [5, 5.41) is 0.506. The van der Waals surface area contributed by atoms with Crippen LogP contribution in [0.1, 0.15) is 57.8 Å². The number of nitrogens with zero attached hydrogens (tertiary/aromatic N) is 3. The Balaban J connectivity index is 1.20. The topological polar surface area (TPSA) is 70.2 Å². The molecule has 0 radical (unpaired) electrons. The lowest BCUT2D eigenvalue weighted by Gasteiger charge is -2.42. The van der Waals surface area contributed by atoms with E-state index in [1.807, 2.05) is 0 Å². The standard InChI is InChI=1S/C27H38ClN3O4S/c1-20-11-15-29(16-12-20)23-13-17-30(18-14-23)27(32)35-19-24-3-2-4-26(21-5-6-21)31(24)36(33,34)25-9-7-22(28)8-10-25/h7-10,21,23-24,26H,1-6,11-19H2/t24-,26+/m1/s1. The lowest BCUT2D eigenvalue weighted by molar-refractivity contribution is 0.0444. The van der Waals surface area contributed by atoms with E-state index in [9.17, 15) is 13.2 Å². The first-order valence-corrected chi connectivity index (χ1v) is 15.3. The first-order valence-electron chi connectivity index (χ1n) is 13.4. The third kappa shape index (κ3) is 5.77. The maximum absolute atomic E-state index is 13.7. The average Bonchev–Trinajstić information content (AvgIpc) is 3.73. The molecule has 3 heterocycles. The highest BCUT2D eigenvalue weighted by Gasteiger charge is 2.46. The second kappa shape index (κ2) is 11.0. The molecule has 3 saturated heterocycles. The van der Waals surface area contributed by atoms with Gasteiger partial charge >= 0.3 is 6.09 Å². The van der Waals surface area contributed by atoms with Gasteiger partial charge in [-0.2, -0.15) is 4.31 Å². The van der Waals surface area contributed by atoms with Gasteiger partial charge in [-0.25, -0.2) is 13.2 Å². The van der Waals surface area contributed by atoms with E-state index in [2.05, 4.69) is 11.5 Å². The first kappa shape index (κ1) is 26.0. The predicted octanol–water partition coefficient (Wildman–Crippen LogP) is 4.91. The number of piperidine rings is 3. The summed E-state index contributed by atoms with van der Waals surface area (Å²) in [6.07, 6.45) is 8.35. The zero-order valence-corrected chi connectivity index (χ0v) is 22.6. The van der Waals surface area contributed by atoms with Crippen molar-refractivity contribution in [2.45, 2.75) is 80.8 Å². The summed E-state index contributed by atoms with van der Waals surface area (Å²) in [7, 11) is -3.72. The van der Waals surface area contributed by atoms with Gasteiger partial charge in [-0.3, -0.25) is 4.90 Å². The molecule has 1 aromatic carbocycles. The zero-order valence-electron chi connectivity index (χ0n) is 21.0. The Hall–Kier alpha value is -1.61. The molecular formula is C27H38ClN3O4S. The second-order valence-electron chi connectivity index (χ2n) is 10.9. The SMILES string of the molecule is C=C1CCN(C2CCN(C(=O)OC[C@H]3CCC[C@@H](C4CC4)N3S(=O)(=O)c3ccc(Cl)cc3)CC2)CC1. The Kier molecular flexibility index (Phi) is 7.96. The molecule has 4 aliphatic rings. The van der Waals surface area contributed by atoms with E-state index in [4.69, 9.17) is 16.3 Å². The van der Waals surface area contributed by atoms with Gasteiger partial charge in [0.25, 0.3) is 0 Å². The second-order valence-corrected chi connectivity index (χ2v) is 13.1. The molecule has 198 valence electrons. The first-order chi connectivity index (χ1) is 17.3. The van der Waals surface area contributed by atoms with Gasteiger partial charge in [0.15, 0.2) is 0 Å². The Morgan fingerprint density at radius 1 is 0.972 bits per heavy atom. The van der Waals surface area contributed by atoms with E-state index in [0.717, 1.165) is 64.5 Å². The quantitative estimate of drug-likeness (QED) is 0.484. The highest BCUT2D eigenvalue weighted by molar-refractivity contribution is 7.89. The fraction of sp³-hybridized carbons (Fsp3) is 0.667. The third-order valence-corrected chi connectivity index (χ3v) is 10.7. The molecule has 2 atom stereocenters. The monoisotopic (exact) mass is 535 g/mol. The van der Waals surface area contributed by atoms with Gasteiger partial charge in [-0.05, 0) is 81.5 Å². The van der Waals surface area contributed by atoms with Crippen molar-refractivity contribution in [3.05, 3.63) is 41.4 Å². The van der Waals surface area contributed by atoms with Crippen molar-refractivity contribution in [2.24, 2.45) is 5.92 Å². The van der Waals surface area contributed by atoms with Crippen LogP contribution < -0.4 is 0 Å². The molecule has 3 aliphatic heterocycles. The summed E-state index contributed by atoms with van der Waals surface area (Å²) >= 11 is 6.01. The molecule has 1 saturated carbocycles. The van der Waals surface area contributed by atoms with Crippen LogP contribution in [0.5, 0.6) is 0 Å². The molecule has 4 fully saturated rings. The fourth-order valence-electron chi connectivity index (χ4n) is 6.15. The minimum absolute atomic E-state index is 0.0282. The number of carbonyl (C=O) groups is 1. The molecule has 1 aliphatic carbocycles. The van der Waals surface area contributed by atoms with Gasteiger partial charge < -0.3 is 9.64 Å². The average molecular weight is 536 g/mol. The minimum Gasteiger partial charge on any atom is -0.448 e. The lowest BCUT2D eigenvalue weighted by Crippen LogP contribution is -2.53. The number of carbonyl (C=O) groups excluding carboxylic acids is 1. The van der Waals surface area contributed by atoms with Gasteiger partial charge in [0.1, 0.15) is 6.61 Å². The van der Waals surface area contributed by atoms with Crippen LogP contribution in [0.3, 0.4) is 0 Å². The molecule has 0 unspecified atom stereocenters. The number of ether oxygens (including phenoxy) is 1. The molecule has 9 heteroatoms. The lowest BCUT2D eigenvalue weighted by atomic mass is 9.96. The van der Waals surface area contributed by atoms with Crippen molar-refractivity contribution < 1.29 is 17.9 Å². The van der Waals surface area contributed by atoms with Gasteiger partial charge in [0.2, 0.25) is 10.0 Å². The van der Waals surface area contributed by atoms with Crippen molar-refractivity contribution in [3.63, 3.8) is 0 Å². The predicted molar refractivity (Wildman–Crippen MR) is 141 cm³/mol. The van der Waals surface area contributed by atoms with Crippen molar-refractivity contribution in [2.75, 3.05) is 32.8 Å². The summed E-state index contributed by atoms with van der Waals surface area (Å²) < 4.78 is 34.9. The molecule has 1 amide bonds. The number of amides is 1. The van der Waals surface area contributed by atoms with Gasteiger partial charge in [0, 0.05) is 43.3 Å². The van der Waals surface area contributed by atoms with Crippen LogP contribution in [0.2, 0.25) is 5.02 Å². The smallest absolute Gasteiger partial charge is 0.409 e. The fourth-order valence-corrected chi connectivity index (χ4v) is 8.19. The van der Waals surface area contributed by atoms with Crippen LogP contribution in [-0.4, -0.2) is 79.5 Å². The summed E-state index contributed by atoms with van der Waals surface area (Å²) in [5.41, 5.74) is 1.34. The molecule has 36 heavy (non-hydrogen) atoms. The number of likely N-dealkylation sites (tertiary alicyclic amines) is 2. The van der Waals surface area contributed by atoms with E-state index >= 15 is 0 Å². The van der Waals surface area contributed by atoms with Crippen LogP contribution in [0.15, 0.2) is 41.3 Å². The van der Waals surface area contributed by atoms with Crippen molar-refractivity contribution in [3.8, 4) is 0 Å². The molecule has 7 nitrogen and oxygen atoms in total. The van der Waals surface area contributed by atoms with Crippen LogP contribution in [0.25, 0.3) is 0 Å². The summed E-state index contributed by atoms with van der Waals surface area (Å²) in [4.78, 5) is 17.5. The number of halogens is 1. The van der Waals surface area contributed by atoms with Gasteiger partial charge in [-0.1, -0.05) is 30.2 Å². The number of sulfonamides is 1. The van der Waals surface area contributed by atoms with Crippen molar-refractivity contribution >= 4 is 27.7 Å². The van der Waals surface area contributed by atoms with Crippen LogP contribution in [0.4, 0.5) is 4.79 Å². The molecule has 5 rings (SSSR count). The number of hydrogen-bond donors (Lipinski definition) is 0. The number of hydrogen-bond acceptors (Lipinski definition) is 5. The van der Waals surface area contributed by atoms with Gasteiger partial charge in [-0.15, -0.1) is 0 Å². The molecule has 0 spiro atoms. The van der Waals surface area contributed by atoms with E-state index in [-0.39, 0.29) is 29.7 Å². The molecule has 0 aromatic heterocycles. The molecular weight excluding hydrogens is 498 g/mol. The summed E-state index contributed by atoms with van der Waals surface area (Å²) in [5.74, 6) is 0.400. The summed E-state index contributed by atoms with van der Waals surface area (Å²) in [6, 6.07) is 6.52. The Morgan fingerprint density at radius 3 is 2.28 bits per heavy atom. The maximum atomic E-state index is 13.7. The Bertz CT molecular complexity index is 1040. The number of benzene rings is 1. The molecule has 0 N–H and O–H groups in total.